The summed E-state index contributed by atoms with van der Waals surface area (Å²) in [5, 5.41) is 0. The smallest absolute Gasteiger partial charge is 0.237 e. The molecule has 1 aliphatic rings. The fourth-order valence-electron chi connectivity index (χ4n) is 2.66. The van der Waals surface area contributed by atoms with Gasteiger partial charge in [0.25, 0.3) is 0 Å². The minimum absolute atomic E-state index is 0.0468. The van der Waals surface area contributed by atoms with Crippen LogP contribution in [0.4, 0.5) is 0 Å². The second-order valence-corrected chi connectivity index (χ2v) is 6.15. The molecule has 0 saturated heterocycles. The van der Waals surface area contributed by atoms with Crippen LogP contribution in [0.2, 0.25) is 6.32 Å². The van der Waals surface area contributed by atoms with E-state index in [1.807, 2.05) is 13.0 Å². The van der Waals surface area contributed by atoms with Crippen LogP contribution in [0.3, 0.4) is 0 Å². The van der Waals surface area contributed by atoms with Gasteiger partial charge in [-0.3, -0.25) is 14.4 Å². The number of aryl methyl sites for hydroxylation is 1. The van der Waals surface area contributed by atoms with Crippen LogP contribution in [0.1, 0.15) is 37.6 Å². The zero-order chi connectivity index (χ0) is 16.7. The number of hydrogen-bond acceptors (Lipinski definition) is 4. The molecule has 0 saturated carbocycles. The van der Waals surface area contributed by atoms with Gasteiger partial charge in [0.2, 0.25) is 11.6 Å². The third-order valence-electron chi connectivity index (χ3n) is 3.84. The maximum absolute atomic E-state index is 12.7. The van der Waals surface area contributed by atoms with Crippen molar-refractivity contribution in [1.82, 2.24) is 0 Å². The van der Waals surface area contributed by atoms with E-state index in [0.29, 0.717) is 21.9 Å². The first-order chi connectivity index (χ1) is 11.0. The summed E-state index contributed by atoms with van der Waals surface area (Å²) in [5.41, 5.74) is 1.92. The van der Waals surface area contributed by atoms with Gasteiger partial charge in [-0.25, -0.2) is 0 Å². The molecule has 4 nitrogen and oxygen atoms in total. The zero-order valence-electron chi connectivity index (χ0n) is 12.6. The highest BCUT2D eigenvalue weighted by atomic mass is 79.9. The van der Waals surface area contributed by atoms with Gasteiger partial charge in [0.1, 0.15) is 14.1 Å². The average molecular weight is 371 g/mol. The maximum Gasteiger partial charge on any atom is 0.237 e. The molecule has 0 N–H and O–H groups in total. The van der Waals surface area contributed by atoms with Crippen molar-refractivity contribution in [3.05, 3.63) is 64.1 Å². The fraction of sp³-hybridized carbons (Fsp3) is 0.118. The molecule has 1 aromatic carbocycles. The molecule has 0 amide bonds. The van der Waals surface area contributed by atoms with Crippen molar-refractivity contribution in [2.75, 3.05) is 0 Å². The topological polar surface area (TPSA) is 64.3 Å². The minimum Gasteiger partial charge on any atom is -0.462 e. The lowest BCUT2D eigenvalue weighted by Crippen LogP contribution is -2.24. The Morgan fingerprint density at radius 3 is 2.65 bits per heavy atom. The molecule has 1 aliphatic carbocycles. The van der Waals surface area contributed by atoms with Crippen molar-refractivity contribution in [3.63, 3.8) is 0 Å². The maximum atomic E-state index is 12.7. The number of carbonyl (C=O) groups is 3. The van der Waals surface area contributed by atoms with Gasteiger partial charge < -0.3 is 4.42 Å². The number of Topliss-reactive ketones (excluding diaryl/α,β-unsaturated/α-hetero) is 2. The molecule has 114 valence electrons. The molecular weight excluding hydrogens is 359 g/mol. The van der Waals surface area contributed by atoms with Crippen LogP contribution in [0, 0.1) is 6.92 Å². The van der Waals surface area contributed by atoms with E-state index >= 15 is 0 Å². The molecule has 6 heteroatoms. The van der Waals surface area contributed by atoms with Crippen molar-refractivity contribution >= 4 is 45.6 Å². The van der Waals surface area contributed by atoms with Crippen LogP contribution < -0.4 is 0 Å². The second-order valence-electron chi connectivity index (χ2n) is 5.36. The number of benzene rings is 1. The molecule has 0 atom stereocenters. The summed E-state index contributed by atoms with van der Waals surface area (Å²) in [5.74, 6) is -1.36. The molecule has 0 bridgehead atoms. The number of carbonyl (C=O) groups excluding carboxylic acids is 3. The van der Waals surface area contributed by atoms with Crippen LogP contribution in [0.15, 0.2) is 40.5 Å². The van der Waals surface area contributed by atoms with E-state index < -0.39 is 11.6 Å². The molecule has 1 heterocycles. The van der Waals surface area contributed by atoms with Crippen LogP contribution in [0.5, 0.6) is 0 Å². The Morgan fingerprint density at radius 2 is 2.00 bits per heavy atom. The first kappa shape index (κ1) is 15.7. The minimum atomic E-state index is -0.690. The molecule has 0 spiro atoms. The van der Waals surface area contributed by atoms with Crippen LogP contribution in [-0.2, 0) is 4.79 Å². The van der Waals surface area contributed by atoms with Crippen LogP contribution >= 0.6 is 15.9 Å². The third kappa shape index (κ3) is 2.43. The van der Waals surface area contributed by atoms with E-state index in [2.05, 4.69) is 15.9 Å². The van der Waals surface area contributed by atoms with Crippen molar-refractivity contribution in [2.45, 2.75) is 13.2 Å². The van der Waals surface area contributed by atoms with Gasteiger partial charge in [0, 0.05) is 11.1 Å². The summed E-state index contributed by atoms with van der Waals surface area (Å²) in [7, 11) is 1.79. The molecule has 1 aromatic heterocycles. The van der Waals surface area contributed by atoms with Gasteiger partial charge in [-0.2, -0.15) is 0 Å². The zero-order valence-corrected chi connectivity index (χ0v) is 14.2. The van der Waals surface area contributed by atoms with Crippen LogP contribution in [-0.4, -0.2) is 25.2 Å². The summed E-state index contributed by atoms with van der Waals surface area (Å²) < 4.78 is 5.87. The Hall–Kier alpha value is -2.21. The van der Waals surface area contributed by atoms with Gasteiger partial charge in [0.15, 0.2) is 11.5 Å². The van der Waals surface area contributed by atoms with Crippen molar-refractivity contribution < 1.29 is 18.8 Å². The predicted molar refractivity (Wildman–Crippen MR) is 91.9 cm³/mol. The first-order valence-electron chi connectivity index (χ1n) is 7.16. The van der Waals surface area contributed by atoms with Crippen LogP contribution in [0.25, 0.3) is 4.48 Å². The molecular formula is C17H12BBrO4. The number of rotatable bonds is 3. The second kappa shape index (κ2) is 5.78. The number of hydrogen-bond donors (Lipinski definition) is 0. The summed E-state index contributed by atoms with van der Waals surface area (Å²) in [6.45, 7) is 1.88. The summed E-state index contributed by atoms with van der Waals surface area (Å²) in [4.78, 5) is 37.3. The Morgan fingerprint density at radius 1 is 1.26 bits per heavy atom. The number of furan rings is 1. The fourth-order valence-corrected chi connectivity index (χ4v) is 3.41. The SMILES string of the molecule is BCC1=C(Br)c2occ(C(=O)c3cccc(C)c3)c2C(=O)C1=O. The van der Waals surface area contributed by atoms with Gasteiger partial charge in [-0.05, 0) is 28.9 Å². The van der Waals surface area contributed by atoms with E-state index in [0.717, 1.165) is 5.56 Å². The van der Waals surface area contributed by atoms with Crippen molar-refractivity contribution in [1.29, 1.82) is 0 Å². The van der Waals surface area contributed by atoms with Gasteiger partial charge in [-0.1, -0.05) is 30.1 Å². The van der Waals surface area contributed by atoms with E-state index in [-0.39, 0.29) is 22.7 Å². The van der Waals surface area contributed by atoms with E-state index in [4.69, 9.17) is 4.42 Å². The monoisotopic (exact) mass is 370 g/mol. The Kier molecular flexibility index (Phi) is 3.94. The van der Waals surface area contributed by atoms with E-state index in [9.17, 15) is 14.4 Å². The molecule has 23 heavy (non-hydrogen) atoms. The highest BCUT2D eigenvalue weighted by molar-refractivity contribution is 9.15. The summed E-state index contributed by atoms with van der Waals surface area (Å²) in [6, 6.07) is 7.06. The molecule has 3 rings (SSSR count). The highest BCUT2D eigenvalue weighted by Gasteiger charge is 2.37. The number of fused-ring (bicyclic) bond motifs is 1. The Labute approximate surface area is 142 Å². The number of allylic oxidation sites excluding steroid dienone is 1. The van der Waals surface area contributed by atoms with Gasteiger partial charge in [0.05, 0.1) is 15.6 Å². The Balaban J connectivity index is 2.16. The lowest BCUT2D eigenvalue weighted by molar-refractivity contribution is -0.111. The highest BCUT2D eigenvalue weighted by Crippen LogP contribution is 2.38. The molecule has 0 radical (unpaired) electrons. The predicted octanol–water partition coefficient (Wildman–Crippen LogP) is 2.74. The molecule has 0 fully saturated rings. The summed E-state index contributed by atoms with van der Waals surface area (Å²) in [6.07, 6.45) is 1.66. The standard InChI is InChI=1S/C17H12BBrO4/c1-8-3-2-4-9(5-8)14(20)11-7-23-17-12(11)16(22)15(21)10(6-18)13(17)19/h2-5,7H,6,18H2,1H3. The quantitative estimate of drug-likeness (QED) is 0.473. The molecule has 0 unspecified atom stereocenters. The largest absolute Gasteiger partial charge is 0.462 e. The Bertz CT molecular complexity index is 892. The lowest BCUT2D eigenvalue weighted by Gasteiger charge is -2.13. The average Bonchev–Trinajstić information content (AvgIpc) is 2.98. The normalized spacial score (nSPS) is 14.2. The number of ketones is 3. The van der Waals surface area contributed by atoms with E-state index in [1.165, 1.54) is 6.26 Å². The van der Waals surface area contributed by atoms with Gasteiger partial charge in [-0.15, -0.1) is 0 Å². The van der Waals surface area contributed by atoms with Crippen molar-refractivity contribution in [2.24, 2.45) is 0 Å². The van der Waals surface area contributed by atoms with Gasteiger partial charge >= 0.3 is 0 Å². The number of halogens is 1. The molecule has 2 aromatic rings. The first-order valence-corrected chi connectivity index (χ1v) is 7.95. The van der Waals surface area contributed by atoms with Crippen molar-refractivity contribution in [3.8, 4) is 0 Å². The van der Waals surface area contributed by atoms with E-state index in [1.54, 1.807) is 26.0 Å². The third-order valence-corrected chi connectivity index (χ3v) is 4.68. The summed E-state index contributed by atoms with van der Waals surface area (Å²) >= 11 is 3.31. The lowest BCUT2D eigenvalue weighted by atomic mass is 9.84. The molecule has 0 aliphatic heterocycles.